The SMILES string of the molecule is CC(C)(C)OC(=O)N1[C@@H]2C[C@@H]2C[C@H]1c1nc2ccc(C#Cc3ccc4c(c3)CCc3nc([C@@H]5C[C@H]6C[C@H]6N5CC(=O)c5ccccc5)[nH]c3-4)cc2[nH]1. The van der Waals surface area contributed by atoms with E-state index in [0.717, 1.165) is 82.9 Å². The third-order valence-electron chi connectivity index (χ3n) is 11.7. The van der Waals surface area contributed by atoms with Crippen molar-refractivity contribution in [3.8, 4) is 23.1 Å². The molecule has 2 saturated carbocycles. The van der Waals surface area contributed by atoms with Crippen LogP contribution >= 0.6 is 0 Å². The Kier molecular flexibility index (Phi) is 7.07. The minimum absolute atomic E-state index is 0.103. The fourth-order valence-electron chi connectivity index (χ4n) is 8.97. The van der Waals surface area contributed by atoms with Crippen LogP contribution in [-0.2, 0) is 17.6 Å². The lowest BCUT2D eigenvalue weighted by Crippen LogP contribution is -2.38. The minimum atomic E-state index is -0.538. The van der Waals surface area contributed by atoms with Crippen LogP contribution < -0.4 is 0 Å². The van der Waals surface area contributed by atoms with E-state index < -0.39 is 5.60 Å². The number of carbonyl (C=O) groups is 2. The van der Waals surface area contributed by atoms with E-state index in [1.807, 2.05) is 74.2 Å². The van der Waals surface area contributed by atoms with Gasteiger partial charge in [-0.3, -0.25) is 14.6 Å². The van der Waals surface area contributed by atoms with Gasteiger partial charge in [-0.2, -0.15) is 0 Å². The van der Waals surface area contributed by atoms with Gasteiger partial charge in [-0.15, -0.1) is 0 Å². The van der Waals surface area contributed by atoms with Crippen LogP contribution in [0, 0.1) is 23.7 Å². The lowest BCUT2D eigenvalue weighted by Gasteiger charge is -2.29. The lowest BCUT2D eigenvalue weighted by atomic mass is 9.91. The average Bonchev–Trinajstić information content (AvgIpc) is 3.80. The molecule has 2 N–H and O–H groups in total. The summed E-state index contributed by atoms with van der Waals surface area (Å²) >= 11 is 0. The summed E-state index contributed by atoms with van der Waals surface area (Å²) in [5, 5.41) is 0. The molecule has 4 heterocycles. The number of H-pyrrole nitrogens is 2. The number of imidazole rings is 2. The number of hydrogen-bond acceptors (Lipinski definition) is 6. The van der Waals surface area contributed by atoms with Gasteiger partial charge >= 0.3 is 6.09 Å². The summed E-state index contributed by atoms with van der Waals surface area (Å²) in [6, 6.07) is 23.0. The number of aromatic nitrogens is 4. The van der Waals surface area contributed by atoms with Gasteiger partial charge in [0.05, 0.1) is 41.0 Å². The quantitative estimate of drug-likeness (QED) is 0.146. The van der Waals surface area contributed by atoms with Crippen molar-refractivity contribution >= 4 is 22.9 Å². The molecular formula is C43H42N6O3. The molecule has 52 heavy (non-hydrogen) atoms. The summed E-state index contributed by atoms with van der Waals surface area (Å²) in [5.41, 5.74) is 8.60. The third kappa shape index (κ3) is 5.61. The van der Waals surface area contributed by atoms with Gasteiger partial charge in [-0.05, 0) is 107 Å². The maximum absolute atomic E-state index is 13.2. The van der Waals surface area contributed by atoms with E-state index in [1.165, 1.54) is 17.5 Å². The van der Waals surface area contributed by atoms with Crippen LogP contribution in [0.3, 0.4) is 0 Å². The molecule has 262 valence electrons. The highest BCUT2D eigenvalue weighted by Crippen LogP contribution is 2.54. The van der Waals surface area contributed by atoms with Crippen LogP contribution in [-0.4, -0.2) is 65.8 Å². The van der Waals surface area contributed by atoms with Gasteiger partial charge < -0.3 is 14.7 Å². The van der Waals surface area contributed by atoms with E-state index in [-0.39, 0.29) is 30.0 Å². The van der Waals surface area contributed by atoms with Gasteiger partial charge in [-0.25, -0.2) is 14.8 Å². The van der Waals surface area contributed by atoms with Crippen molar-refractivity contribution < 1.29 is 14.3 Å². The van der Waals surface area contributed by atoms with E-state index in [2.05, 4.69) is 44.9 Å². The van der Waals surface area contributed by atoms with Crippen molar-refractivity contribution in [3.63, 3.8) is 0 Å². The first kappa shape index (κ1) is 31.5. The lowest BCUT2D eigenvalue weighted by molar-refractivity contribution is 0.0175. The zero-order valence-electron chi connectivity index (χ0n) is 29.8. The third-order valence-corrected chi connectivity index (χ3v) is 11.7. The number of piperidine rings is 2. The number of aryl methyl sites for hydroxylation is 2. The smallest absolute Gasteiger partial charge is 0.411 e. The number of rotatable bonds is 5. The number of benzene rings is 3. The zero-order chi connectivity index (χ0) is 35.3. The number of amides is 1. The molecule has 9 nitrogen and oxygen atoms in total. The first-order valence-corrected chi connectivity index (χ1v) is 18.7. The summed E-state index contributed by atoms with van der Waals surface area (Å²) in [6.45, 7) is 6.15. The molecule has 0 bridgehead atoms. The summed E-state index contributed by atoms with van der Waals surface area (Å²) in [6.07, 6.45) is 5.72. The maximum atomic E-state index is 13.2. The number of ketones is 1. The Bertz CT molecular complexity index is 2320. The fraction of sp³-hybridized carbons (Fsp3) is 0.395. The Morgan fingerprint density at radius 1 is 0.827 bits per heavy atom. The first-order valence-electron chi connectivity index (χ1n) is 18.7. The first-order chi connectivity index (χ1) is 25.1. The molecule has 4 fully saturated rings. The van der Waals surface area contributed by atoms with E-state index >= 15 is 0 Å². The highest BCUT2D eigenvalue weighted by atomic mass is 16.6. The minimum Gasteiger partial charge on any atom is -0.444 e. The van der Waals surface area contributed by atoms with Crippen molar-refractivity contribution in [2.75, 3.05) is 6.54 Å². The second kappa shape index (κ2) is 11.7. The summed E-state index contributed by atoms with van der Waals surface area (Å²) < 4.78 is 5.75. The number of nitrogens with zero attached hydrogens (tertiary/aromatic N) is 4. The van der Waals surface area contributed by atoms with Gasteiger partial charge in [0.1, 0.15) is 17.2 Å². The predicted molar refractivity (Wildman–Crippen MR) is 198 cm³/mol. The van der Waals surface area contributed by atoms with E-state index in [9.17, 15) is 9.59 Å². The van der Waals surface area contributed by atoms with Gasteiger partial charge in [-0.1, -0.05) is 48.2 Å². The van der Waals surface area contributed by atoms with Crippen molar-refractivity contribution in [1.29, 1.82) is 0 Å². The number of Topliss-reactive ketones (excluding diaryl/α,β-unsaturated/α-hetero) is 1. The normalized spacial score (nSPS) is 25.5. The van der Waals surface area contributed by atoms with Crippen LogP contribution in [0.1, 0.15) is 103 Å². The van der Waals surface area contributed by atoms with E-state index in [1.54, 1.807) is 0 Å². The Balaban J connectivity index is 0.857. The van der Waals surface area contributed by atoms with Crippen molar-refractivity contribution in [1.82, 2.24) is 29.7 Å². The molecule has 10 rings (SSSR count). The average molecular weight is 691 g/mol. The van der Waals surface area contributed by atoms with Crippen molar-refractivity contribution in [2.45, 2.75) is 89.1 Å². The Morgan fingerprint density at radius 3 is 2.38 bits per heavy atom. The van der Waals surface area contributed by atoms with Crippen LogP contribution in [0.4, 0.5) is 4.79 Å². The Hall–Kier alpha value is -5.20. The molecule has 6 atom stereocenters. The molecular weight excluding hydrogens is 649 g/mol. The molecule has 0 spiro atoms. The number of likely N-dealkylation sites (tertiary alicyclic amines) is 2. The molecule has 0 unspecified atom stereocenters. The summed E-state index contributed by atoms with van der Waals surface area (Å²) in [4.78, 5) is 47.8. The summed E-state index contributed by atoms with van der Waals surface area (Å²) in [5.74, 6) is 9.93. The molecule has 3 aromatic carbocycles. The van der Waals surface area contributed by atoms with E-state index in [0.29, 0.717) is 24.4 Å². The zero-order valence-corrected chi connectivity index (χ0v) is 29.8. The van der Waals surface area contributed by atoms with Crippen LogP contribution in [0.5, 0.6) is 0 Å². The largest absolute Gasteiger partial charge is 0.444 e. The topological polar surface area (TPSA) is 107 Å². The number of fused-ring (bicyclic) bond motifs is 6. The molecule has 2 aliphatic heterocycles. The van der Waals surface area contributed by atoms with Gasteiger partial charge in [0.25, 0.3) is 0 Å². The standard InChI is InChI=1S/C43H42N6O3/c1-43(2,3)52-42(51)49-35-20-29(35)22-37(49)41-44-31-15-12-25(18-33(31)46-41)10-9-24-11-14-30-27(17-24)13-16-32-39(30)47-40(45-32)36-21-28-19-34(28)48(36)23-38(50)26-7-5-4-6-8-26/h4-8,11-12,14-15,17-18,28-29,34-37H,13,16,19-23H2,1-3H3,(H,44,46)(H,45,47)/t28-,29-,34-,35-,36+,37+/m1/s1. The number of ether oxygens (including phenoxy) is 1. The second-order valence-corrected chi connectivity index (χ2v) is 16.4. The molecule has 3 aliphatic carbocycles. The van der Waals surface area contributed by atoms with Crippen molar-refractivity contribution in [3.05, 3.63) is 106 Å². The number of aromatic amines is 2. The van der Waals surface area contributed by atoms with Gasteiger partial charge in [0.2, 0.25) is 0 Å². The van der Waals surface area contributed by atoms with Gasteiger partial charge in [0, 0.05) is 34.3 Å². The molecule has 9 heteroatoms. The monoisotopic (exact) mass is 690 g/mol. The fourth-order valence-corrected chi connectivity index (χ4v) is 8.97. The molecule has 2 saturated heterocycles. The molecule has 5 aliphatic rings. The number of hydrogen-bond donors (Lipinski definition) is 2. The Labute approximate surface area is 303 Å². The second-order valence-electron chi connectivity index (χ2n) is 16.4. The van der Waals surface area contributed by atoms with Crippen LogP contribution in [0.25, 0.3) is 22.3 Å². The predicted octanol–water partition coefficient (Wildman–Crippen LogP) is 7.54. The molecule has 5 aromatic rings. The molecule has 1 amide bonds. The van der Waals surface area contributed by atoms with Crippen LogP contribution in [0.15, 0.2) is 66.7 Å². The van der Waals surface area contributed by atoms with Crippen molar-refractivity contribution in [2.24, 2.45) is 11.8 Å². The number of nitrogens with one attached hydrogen (secondary N) is 2. The maximum Gasteiger partial charge on any atom is 0.411 e. The van der Waals surface area contributed by atoms with Crippen LogP contribution in [0.2, 0.25) is 0 Å². The number of carbonyl (C=O) groups excluding carboxylic acids is 2. The van der Waals surface area contributed by atoms with E-state index in [4.69, 9.17) is 14.7 Å². The highest BCUT2D eigenvalue weighted by molar-refractivity contribution is 5.97. The summed E-state index contributed by atoms with van der Waals surface area (Å²) in [7, 11) is 0. The Morgan fingerprint density at radius 2 is 1.56 bits per heavy atom. The highest BCUT2D eigenvalue weighted by Gasteiger charge is 2.56. The molecule has 2 aromatic heterocycles. The van der Waals surface area contributed by atoms with Gasteiger partial charge in [0.15, 0.2) is 5.78 Å². The molecule has 0 radical (unpaired) electrons.